The Morgan fingerprint density at radius 3 is 1.29 bits per heavy atom. The minimum absolute atomic E-state index is 0.250. The fraction of sp³-hybridized carbons (Fsp3) is 0.923. The van der Waals surface area contributed by atoms with E-state index in [1.807, 2.05) is 0 Å². The highest BCUT2D eigenvalue weighted by molar-refractivity contribution is 5.32. The number of hydrogen-bond acceptors (Lipinski definition) is 3. The number of rotatable bonds is 8. The number of unbranched alkanes of at least 4 members (excludes halogenated alkanes) is 6. The van der Waals surface area contributed by atoms with Crippen molar-refractivity contribution in [3.63, 3.8) is 0 Å². The first-order valence-corrected chi connectivity index (χ1v) is 6.72. The van der Waals surface area contributed by atoms with E-state index in [0.29, 0.717) is 0 Å². The van der Waals surface area contributed by atoms with E-state index in [9.17, 15) is 0 Å². The molecule has 0 saturated carbocycles. The molecule has 0 aromatic heterocycles. The molecule has 0 aliphatic carbocycles. The first-order valence-electron chi connectivity index (χ1n) is 6.72. The van der Waals surface area contributed by atoms with E-state index in [1.165, 1.54) is 51.4 Å². The largest absolute Gasteiger partial charge is 0.483 e. The lowest BCUT2D eigenvalue weighted by atomic mass is 10.2. The third-order valence-corrected chi connectivity index (χ3v) is 2.12. The summed E-state index contributed by atoms with van der Waals surface area (Å²) in [6.45, 7) is 5.88. The van der Waals surface area contributed by atoms with Crippen LogP contribution in [0.25, 0.3) is 0 Å². The molecule has 5 N–H and O–H groups in total. The summed E-state index contributed by atoms with van der Waals surface area (Å²) in [5, 5.41) is 6.89. The summed E-state index contributed by atoms with van der Waals surface area (Å²) in [7, 11) is 0. The predicted molar refractivity (Wildman–Crippen MR) is 75.1 cm³/mol. The molecule has 4 nitrogen and oxygen atoms in total. The van der Waals surface area contributed by atoms with E-state index in [4.69, 9.17) is 21.4 Å². The molecule has 0 spiro atoms. The number of carboxylic acid groups (broad SMARTS) is 1. The molecule has 0 radical (unpaired) electrons. The van der Waals surface area contributed by atoms with Gasteiger partial charge in [0.2, 0.25) is 0 Å². The fourth-order valence-electron chi connectivity index (χ4n) is 1.14. The van der Waals surface area contributed by atoms with E-state index in [-0.39, 0.29) is 6.47 Å². The fourth-order valence-corrected chi connectivity index (χ4v) is 1.14. The molecule has 0 aromatic rings. The van der Waals surface area contributed by atoms with Crippen LogP contribution in [0.1, 0.15) is 65.2 Å². The number of hydrogen-bond donors (Lipinski definition) is 3. The summed E-state index contributed by atoms with van der Waals surface area (Å²) in [5.74, 6) is 0. The van der Waals surface area contributed by atoms with E-state index in [0.717, 1.165) is 13.1 Å². The Bertz CT molecular complexity index is 93.6. The lowest BCUT2D eigenvalue weighted by Crippen LogP contribution is -1.97. The van der Waals surface area contributed by atoms with Crippen LogP contribution in [0.3, 0.4) is 0 Å². The first-order chi connectivity index (χ1) is 8.24. The summed E-state index contributed by atoms with van der Waals surface area (Å²) >= 11 is 0. The van der Waals surface area contributed by atoms with Crippen molar-refractivity contribution in [2.75, 3.05) is 13.1 Å². The molecule has 0 atom stereocenters. The quantitative estimate of drug-likeness (QED) is 0.455. The molecule has 106 valence electrons. The molecule has 0 aliphatic heterocycles. The third-order valence-electron chi connectivity index (χ3n) is 2.12. The Kier molecular flexibility index (Phi) is 37.6. The first kappa shape index (κ1) is 21.7. The highest BCUT2D eigenvalue weighted by Gasteiger charge is 1.80. The second kappa shape index (κ2) is 29.5. The van der Waals surface area contributed by atoms with Crippen LogP contribution >= 0.6 is 0 Å². The molecule has 0 unspecified atom stereocenters. The van der Waals surface area contributed by atoms with Gasteiger partial charge in [0, 0.05) is 0 Å². The van der Waals surface area contributed by atoms with E-state index < -0.39 is 0 Å². The topological polar surface area (TPSA) is 89.3 Å². The monoisotopic (exact) mass is 248 g/mol. The molecule has 0 amide bonds. The van der Waals surface area contributed by atoms with Crippen molar-refractivity contribution in [3.8, 4) is 0 Å². The second-order valence-electron chi connectivity index (χ2n) is 3.80. The predicted octanol–water partition coefficient (Wildman–Crippen LogP) is 2.75. The summed E-state index contributed by atoms with van der Waals surface area (Å²) in [6.07, 6.45) is 10.3. The normalized spacial score (nSPS) is 8.47. The van der Waals surface area contributed by atoms with Gasteiger partial charge in [0.05, 0.1) is 0 Å². The maximum Gasteiger partial charge on any atom is 0.290 e. The standard InChI is InChI=1S/2C6H15N.CH2O2/c2*1-2-3-4-5-6-7;2-1-3/h2*2-7H2,1H3;1H,(H,2,3). The molecule has 0 saturated heterocycles. The molecule has 0 aromatic carbocycles. The summed E-state index contributed by atoms with van der Waals surface area (Å²) in [5.41, 5.74) is 10.5. The van der Waals surface area contributed by atoms with Gasteiger partial charge in [0.15, 0.2) is 0 Å². The Hall–Kier alpha value is -0.610. The van der Waals surface area contributed by atoms with Crippen LogP contribution in [-0.4, -0.2) is 24.7 Å². The van der Waals surface area contributed by atoms with Gasteiger partial charge in [-0.25, -0.2) is 0 Å². The van der Waals surface area contributed by atoms with Gasteiger partial charge in [0.1, 0.15) is 0 Å². The minimum atomic E-state index is -0.250. The van der Waals surface area contributed by atoms with Crippen LogP contribution in [0, 0.1) is 0 Å². The van der Waals surface area contributed by atoms with E-state index >= 15 is 0 Å². The van der Waals surface area contributed by atoms with Crippen LogP contribution in [0.5, 0.6) is 0 Å². The Morgan fingerprint density at radius 1 is 0.824 bits per heavy atom. The highest BCUT2D eigenvalue weighted by Crippen LogP contribution is 1.95. The van der Waals surface area contributed by atoms with Gasteiger partial charge in [-0.3, -0.25) is 4.79 Å². The molecule has 0 aliphatic rings. The molecule has 0 heterocycles. The number of carbonyl (C=O) groups is 1. The average Bonchev–Trinajstić information content (AvgIpc) is 2.32. The number of nitrogens with two attached hydrogens (primary N) is 2. The van der Waals surface area contributed by atoms with E-state index in [2.05, 4.69) is 13.8 Å². The Balaban J connectivity index is -0.000000188. The molecule has 0 rings (SSSR count). The zero-order valence-corrected chi connectivity index (χ0v) is 11.7. The van der Waals surface area contributed by atoms with E-state index in [1.54, 1.807) is 0 Å². The van der Waals surface area contributed by atoms with Gasteiger partial charge in [-0.15, -0.1) is 0 Å². The lowest BCUT2D eigenvalue weighted by molar-refractivity contribution is -0.122. The van der Waals surface area contributed by atoms with Crippen molar-refractivity contribution < 1.29 is 9.90 Å². The summed E-state index contributed by atoms with van der Waals surface area (Å²) in [6, 6.07) is 0. The van der Waals surface area contributed by atoms with Crippen molar-refractivity contribution in [2.45, 2.75) is 65.2 Å². The van der Waals surface area contributed by atoms with Crippen LogP contribution in [0.2, 0.25) is 0 Å². The maximum absolute atomic E-state index is 8.36. The van der Waals surface area contributed by atoms with Gasteiger partial charge in [-0.1, -0.05) is 52.4 Å². The van der Waals surface area contributed by atoms with Gasteiger partial charge in [-0.05, 0) is 25.9 Å². The van der Waals surface area contributed by atoms with Gasteiger partial charge < -0.3 is 16.6 Å². The zero-order valence-electron chi connectivity index (χ0n) is 11.7. The zero-order chi connectivity index (χ0) is 13.8. The molecule has 17 heavy (non-hydrogen) atoms. The summed E-state index contributed by atoms with van der Waals surface area (Å²) in [4.78, 5) is 8.36. The SMILES string of the molecule is CCCCCCN.CCCCCCN.O=CO. The van der Waals surface area contributed by atoms with Crippen LogP contribution in [0.4, 0.5) is 0 Å². The minimum Gasteiger partial charge on any atom is -0.483 e. The average molecular weight is 248 g/mol. The van der Waals surface area contributed by atoms with Crippen molar-refractivity contribution in [3.05, 3.63) is 0 Å². The third kappa shape index (κ3) is 50.5. The van der Waals surface area contributed by atoms with Gasteiger partial charge in [-0.2, -0.15) is 0 Å². The maximum atomic E-state index is 8.36. The Morgan fingerprint density at radius 2 is 1.12 bits per heavy atom. The van der Waals surface area contributed by atoms with Crippen molar-refractivity contribution in [2.24, 2.45) is 11.5 Å². The van der Waals surface area contributed by atoms with Crippen LogP contribution in [0.15, 0.2) is 0 Å². The van der Waals surface area contributed by atoms with Gasteiger partial charge in [0.25, 0.3) is 6.47 Å². The molecule has 0 fully saturated rings. The molecule has 0 bridgehead atoms. The second-order valence-corrected chi connectivity index (χ2v) is 3.80. The van der Waals surface area contributed by atoms with Crippen LogP contribution in [-0.2, 0) is 4.79 Å². The molecule has 4 heteroatoms. The van der Waals surface area contributed by atoms with Crippen molar-refractivity contribution in [1.29, 1.82) is 0 Å². The smallest absolute Gasteiger partial charge is 0.290 e. The lowest BCUT2D eigenvalue weighted by Gasteiger charge is -1.90. The molecular weight excluding hydrogens is 216 g/mol. The summed E-state index contributed by atoms with van der Waals surface area (Å²) < 4.78 is 0. The van der Waals surface area contributed by atoms with Crippen molar-refractivity contribution in [1.82, 2.24) is 0 Å². The van der Waals surface area contributed by atoms with Crippen LogP contribution < -0.4 is 11.5 Å². The molecular formula is C13H32N2O2. The highest BCUT2D eigenvalue weighted by atomic mass is 16.3. The van der Waals surface area contributed by atoms with Crippen molar-refractivity contribution >= 4 is 6.47 Å². The van der Waals surface area contributed by atoms with Gasteiger partial charge >= 0.3 is 0 Å². The Labute approximate surface area is 107 Å².